The van der Waals surface area contributed by atoms with Gasteiger partial charge in [0, 0.05) is 31.4 Å². The van der Waals surface area contributed by atoms with Gasteiger partial charge in [0.1, 0.15) is 17.4 Å². The zero-order valence-electron chi connectivity index (χ0n) is 26.1. The van der Waals surface area contributed by atoms with Crippen molar-refractivity contribution < 1.29 is 23.9 Å². The predicted molar refractivity (Wildman–Crippen MR) is 168 cm³/mol. The molecule has 9 nitrogen and oxygen atoms in total. The number of nitrogens with zero attached hydrogens (tertiary/aromatic N) is 2. The summed E-state index contributed by atoms with van der Waals surface area (Å²) in [5.41, 5.74) is 0.596. The molecule has 3 heterocycles. The van der Waals surface area contributed by atoms with Crippen molar-refractivity contribution in [2.45, 2.75) is 63.4 Å². The average Bonchev–Trinajstić information content (AvgIpc) is 3.66. The van der Waals surface area contributed by atoms with Crippen LogP contribution in [0.5, 0.6) is 5.75 Å². The maximum Gasteiger partial charge on any atom is 0.246 e. The van der Waals surface area contributed by atoms with Gasteiger partial charge in [0.15, 0.2) is 0 Å². The van der Waals surface area contributed by atoms with E-state index in [2.05, 4.69) is 41.5 Å². The number of carbonyl (C=O) groups is 3. The highest BCUT2D eigenvalue weighted by atomic mass is 16.5. The summed E-state index contributed by atoms with van der Waals surface area (Å²) in [5, 5.41) is 6.31. The lowest BCUT2D eigenvalue weighted by Gasteiger charge is -2.38. The molecular formula is C35H44N4O5. The lowest BCUT2D eigenvalue weighted by atomic mass is 9.73. The Morgan fingerprint density at radius 1 is 1.07 bits per heavy atom. The zero-order valence-corrected chi connectivity index (χ0v) is 26.1. The van der Waals surface area contributed by atoms with Crippen LogP contribution in [0.1, 0.15) is 38.7 Å². The van der Waals surface area contributed by atoms with Crippen LogP contribution in [0.4, 0.5) is 5.69 Å². The third kappa shape index (κ3) is 5.52. The number of anilines is 1. The molecule has 1 aliphatic carbocycles. The Morgan fingerprint density at radius 3 is 2.55 bits per heavy atom. The van der Waals surface area contributed by atoms with Gasteiger partial charge in [0.25, 0.3) is 0 Å². The van der Waals surface area contributed by atoms with Crippen LogP contribution in [0.15, 0.2) is 66.7 Å². The van der Waals surface area contributed by atoms with Crippen LogP contribution in [0, 0.1) is 23.7 Å². The van der Waals surface area contributed by atoms with Crippen LogP contribution < -0.4 is 15.4 Å². The first-order valence-electron chi connectivity index (χ1n) is 15.9. The van der Waals surface area contributed by atoms with Crippen LogP contribution in [0.25, 0.3) is 0 Å². The molecule has 1 saturated carbocycles. The number of amides is 3. The van der Waals surface area contributed by atoms with Crippen LogP contribution >= 0.6 is 0 Å². The van der Waals surface area contributed by atoms with E-state index < -0.39 is 29.6 Å². The molecular weight excluding hydrogens is 556 g/mol. The van der Waals surface area contributed by atoms with Gasteiger partial charge in [-0.15, -0.1) is 0 Å². The number of rotatable bonds is 10. The molecule has 44 heavy (non-hydrogen) atoms. The van der Waals surface area contributed by atoms with Crippen LogP contribution in [0.2, 0.25) is 0 Å². The zero-order chi connectivity index (χ0) is 31.0. The van der Waals surface area contributed by atoms with Crippen molar-refractivity contribution in [1.29, 1.82) is 0 Å². The number of methoxy groups -OCH3 is 1. The molecule has 0 unspecified atom stereocenters. The predicted octanol–water partition coefficient (Wildman–Crippen LogP) is 3.86. The number of carbonyl (C=O) groups excluding carboxylic acids is 3. The molecule has 2 aromatic rings. The van der Waals surface area contributed by atoms with Gasteiger partial charge in [-0.05, 0) is 55.1 Å². The third-order valence-corrected chi connectivity index (χ3v) is 10.3. The van der Waals surface area contributed by atoms with E-state index in [4.69, 9.17) is 9.47 Å². The maximum absolute atomic E-state index is 14.3. The number of nitrogens with one attached hydrogen (secondary N) is 2. The molecule has 3 aliphatic heterocycles. The molecule has 3 fully saturated rings. The fraction of sp³-hybridized carbons (Fsp3) is 0.514. The molecule has 1 spiro atoms. The van der Waals surface area contributed by atoms with Gasteiger partial charge in [-0.3, -0.25) is 14.4 Å². The molecule has 3 amide bonds. The minimum absolute atomic E-state index is 0.0381. The summed E-state index contributed by atoms with van der Waals surface area (Å²) in [5.74, 6) is -0.687. The number of likely N-dealkylation sites (N-methyl/N-ethyl adjacent to an activating group) is 1. The van der Waals surface area contributed by atoms with Gasteiger partial charge in [-0.1, -0.05) is 69.2 Å². The topological polar surface area (TPSA) is 100 Å². The second-order valence-corrected chi connectivity index (χ2v) is 13.1. The van der Waals surface area contributed by atoms with Gasteiger partial charge < -0.3 is 29.9 Å². The lowest BCUT2D eigenvalue weighted by molar-refractivity contribution is -0.141. The van der Waals surface area contributed by atoms with Crippen molar-refractivity contribution in [3.8, 4) is 5.75 Å². The van der Waals surface area contributed by atoms with Crippen molar-refractivity contribution in [2.24, 2.45) is 23.7 Å². The Balaban J connectivity index is 1.25. The van der Waals surface area contributed by atoms with E-state index in [0.717, 1.165) is 25.8 Å². The van der Waals surface area contributed by atoms with Crippen LogP contribution in [-0.4, -0.2) is 78.6 Å². The summed E-state index contributed by atoms with van der Waals surface area (Å²) in [7, 11) is 3.60. The molecule has 2 bridgehead atoms. The van der Waals surface area contributed by atoms with Gasteiger partial charge in [-0.2, -0.15) is 0 Å². The lowest BCUT2D eigenvalue weighted by Crippen LogP contribution is -2.58. The molecule has 8 atom stereocenters. The molecule has 6 rings (SSSR count). The Hall–Kier alpha value is -3.69. The summed E-state index contributed by atoms with van der Waals surface area (Å²) in [6.07, 6.45) is 6.30. The normalized spacial score (nSPS) is 32.2. The first-order valence-corrected chi connectivity index (χ1v) is 15.9. The van der Waals surface area contributed by atoms with E-state index in [9.17, 15) is 14.4 Å². The van der Waals surface area contributed by atoms with Crippen molar-refractivity contribution >= 4 is 23.4 Å². The summed E-state index contributed by atoms with van der Waals surface area (Å²) in [6, 6.07) is 16.4. The number of hydrogen-bond donors (Lipinski definition) is 2. The highest BCUT2D eigenvalue weighted by Crippen LogP contribution is 2.55. The molecule has 0 aromatic heterocycles. The second-order valence-electron chi connectivity index (χ2n) is 13.1. The Morgan fingerprint density at radius 2 is 1.82 bits per heavy atom. The Labute approximate surface area is 260 Å². The highest BCUT2D eigenvalue weighted by molar-refractivity contribution is 6.02. The van der Waals surface area contributed by atoms with Gasteiger partial charge in [0.2, 0.25) is 17.7 Å². The number of benzene rings is 2. The first kappa shape index (κ1) is 30.3. The monoisotopic (exact) mass is 600 g/mol. The highest BCUT2D eigenvalue weighted by Gasteiger charge is 2.72. The van der Waals surface area contributed by atoms with Crippen molar-refractivity contribution in [3.05, 3.63) is 72.3 Å². The molecule has 0 radical (unpaired) electrons. The minimum Gasteiger partial charge on any atom is -0.497 e. The number of ether oxygens (including phenoxy) is 2. The number of fused-ring (bicyclic) bond motifs is 1. The fourth-order valence-electron chi connectivity index (χ4n) is 7.71. The van der Waals surface area contributed by atoms with E-state index in [1.807, 2.05) is 37.4 Å². The van der Waals surface area contributed by atoms with Crippen molar-refractivity contribution in [3.63, 3.8) is 0 Å². The molecule has 2 saturated heterocycles. The smallest absolute Gasteiger partial charge is 0.246 e. The largest absolute Gasteiger partial charge is 0.497 e. The summed E-state index contributed by atoms with van der Waals surface area (Å²) in [4.78, 5) is 46.2. The van der Waals surface area contributed by atoms with E-state index in [-0.39, 0.29) is 23.8 Å². The van der Waals surface area contributed by atoms with Crippen molar-refractivity contribution in [2.75, 3.05) is 32.6 Å². The fourth-order valence-corrected chi connectivity index (χ4v) is 7.71. The van der Waals surface area contributed by atoms with E-state index in [1.165, 1.54) is 5.56 Å². The summed E-state index contributed by atoms with van der Waals surface area (Å²) < 4.78 is 11.8. The Kier molecular flexibility index (Phi) is 8.53. The van der Waals surface area contributed by atoms with Crippen LogP contribution in [0.3, 0.4) is 0 Å². The van der Waals surface area contributed by atoms with Gasteiger partial charge >= 0.3 is 0 Å². The summed E-state index contributed by atoms with van der Waals surface area (Å²) in [6.45, 7) is 6.08. The molecule has 4 aliphatic rings. The molecule has 9 heteroatoms. The van der Waals surface area contributed by atoms with E-state index >= 15 is 0 Å². The number of likely N-dealkylation sites (tertiary alicyclic amines) is 1. The SMILES string of the molecule is COc1ccc(NC(=O)[C@@H]2[C@@H]3C=C[C@]4(O3)[C@@H]2C(=O)N(CCN(C)Cc2ccccc2)[C@H]4C(=O)N[C@@H]2CCC[C@@H](C)[C@H]2C)cc1. The van der Waals surface area contributed by atoms with Crippen LogP contribution in [-0.2, 0) is 25.7 Å². The van der Waals surface area contributed by atoms with Crippen molar-refractivity contribution in [1.82, 2.24) is 15.1 Å². The first-order chi connectivity index (χ1) is 21.2. The molecule has 2 aromatic carbocycles. The van der Waals surface area contributed by atoms with Gasteiger partial charge in [-0.25, -0.2) is 0 Å². The summed E-state index contributed by atoms with van der Waals surface area (Å²) >= 11 is 0. The van der Waals surface area contributed by atoms with E-state index in [1.54, 1.807) is 36.3 Å². The molecule has 234 valence electrons. The number of hydrogen-bond acceptors (Lipinski definition) is 6. The minimum atomic E-state index is -1.19. The third-order valence-electron chi connectivity index (χ3n) is 10.3. The maximum atomic E-state index is 14.3. The van der Waals surface area contributed by atoms with E-state index in [0.29, 0.717) is 36.4 Å². The standard InChI is InChI=1S/C35H44N4O5/c1-22-9-8-12-27(23(22)2)37-33(41)31-35-18-17-28(44-35)29(32(40)36-25-13-15-26(43-4)16-14-25)30(35)34(42)39(31)20-19-38(3)21-24-10-6-5-7-11-24/h5-7,10-11,13-18,22-23,27-31H,8-9,12,19-21H2,1-4H3,(H,36,40)(H,37,41)/t22-,23-,27-,28+,29-,30+,31+,35+/m1/s1. The Bertz CT molecular complexity index is 1400. The molecule has 2 N–H and O–H groups in total. The average molecular weight is 601 g/mol. The quantitative estimate of drug-likeness (QED) is 0.402. The van der Waals surface area contributed by atoms with Gasteiger partial charge in [0.05, 0.1) is 25.0 Å². The second kappa shape index (κ2) is 12.4.